The molecule has 0 bridgehead atoms. The first kappa shape index (κ1) is 25.0. The number of amides is 1. The van der Waals surface area contributed by atoms with Crippen molar-refractivity contribution >= 4 is 17.0 Å². The molecule has 1 heterocycles. The van der Waals surface area contributed by atoms with Crippen LogP contribution in [0.25, 0.3) is 22.0 Å². The van der Waals surface area contributed by atoms with E-state index in [1.54, 1.807) is 26.2 Å². The maximum atomic E-state index is 12.9. The first-order chi connectivity index (χ1) is 17.5. The van der Waals surface area contributed by atoms with Crippen LogP contribution >= 0.6 is 0 Å². The standard InChI is InChI=1S/C29H32N2O5/c1-6-30(7-2)29(32)36-26-14-12-24-23(28(26)21-11-13-25(34-4)27(18-21)35-5)15-16-31(24)19-20-9-8-10-22(17-20)33-3/h8-18H,6-7,19H2,1-5H3. The molecule has 36 heavy (non-hydrogen) atoms. The van der Waals surface area contributed by atoms with Gasteiger partial charge in [-0.15, -0.1) is 0 Å². The molecule has 1 aromatic heterocycles. The van der Waals surface area contributed by atoms with E-state index in [0.717, 1.165) is 33.3 Å². The Balaban J connectivity index is 1.84. The largest absolute Gasteiger partial charge is 0.497 e. The molecule has 0 aliphatic rings. The molecule has 0 atom stereocenters. The lowest BCUT2D eigenvalue weighted by atomic mass is 10.00. The van der Waals surface area contributed by atoms with Crippen LogP contribution < -0.4 is 18.9 Å². The number of hydrogen-bond acceptors (Lipinski definition) is 5. The number of hydrogen-bond donors (Lipinski definition) is 0. The van der Waals surface area contributed by atoms with Gasteiger partial charge in [-0.25, -0.2) is 4.79 Å². The topological polar surface area (TPSA) is 62.2 Å². The fraction of sp³-hybridized carbons (Fsp3) is 0.276. The summed E-state index contributed by atoms with van der Waals surface area (Å²) >= 11 is 0. The first-order valence-electron chi connectivity index (χ1n) is 12.0. The zero-order chi connectivity index (χ0) is 25.7. The second-order valence-corrected chi connectivity index (χ2v) is 8.28. The summed E-state index contributed by atoms with van der Waals surface area (Å²) in [6.07, 6.45) is 1.67. The van der Waals surface area contributed by atoms with E-state index in [1.807, 2.05) is 68.6 Å². The minimum Gasteiger partial charge on any atom is -0.497 e. The normalized spacial score (nSPS) is 10.8. The van der Waals surface area contributed by atoms with Crippen molar-refractivity contribution in [3.63, 3.8) is 0 Å². The van der Waals surface area contributed by atoms with Crippen molar-refractivity contribution in [2.24, 2.45) is 0 Å². The highest BCUT2D eigenvalue weighted by Crippen LogP contribution is 2.41. The van der Waals surface area contributed by atoms with E-state index in [1.165, 1.54) is 0 Å². The van der Waals surface area contributed by atoms with Crippen LogP contribution in [0.2, 0.25) is 0 Å². The highest BCUT2D eigenvalue weighted by Gasteiger charge is 2.20. The third-order valence-electron chi connectivity index (χ3n) is 6.29. The molecule has 0 unspecified atom stereocenters. The highest BCUT2D eigenvalue weighted by atomic mass is 16.6. The molecule has 7 nitrogen and oxygen atoms in total. The van der Waals surface area contributed by atoms with E-state index in [2.05, 4.69) is 16.7 Å². The van der Waals surface area contributed by atoms with Crippen molar-refractivity contribution < 1.29 is 23.7 Å². The van der Waals surface area contributed by atoms with Gasteiger partial charge in [0.25, 0.3) is 0 Å². The van der Waals surface area contributed by atoms with E-state index in [0.29, 0.717) is 36.9 Å². The van der Waals surface area contributed by atoms with Gasteiger partial charge < -0.3 is 28.4 Å². The van der Waals surface area contributed by atoms with Crippen molar-refractivity contribution in [2.75, 3.05) is 34.4 Å². The summed E-state index contributed by atoms with van der Waals surface area (Å²) in [6, 6.07) is 19.6. The Bertz CT molecular complexity index is 1360. The Hall–Kier alpha value is -4.13. The average molecular weight is 489 g/mol. The number of benzene rings is 3. The van der Waals surface area contributed by atoms with E-state index in [9.17, 15) is 4.79 Å². The molecule has 0 aliphatic carbocycles. The Morgan fingerprint density at radius 2 is 1.58 bits per heavy atom. The van der Waals surface area contributed by atoms with Crippen molar-refractivity contribution in [3.8, 4) is 34.1 Å². The van der Waals surface area contributed by atoms with E-state index >= 15 is 0 Å². The molecule has 0 fully saturated rings. The lowest BCUT2D eigenvalue weighted by Crippen LogP contribution is -2.33. The minimum atomic E-state index is -0.378. The molecule has 0 spiro atoms. The van der Waals surface area contributed by atoms with Gasteiger partial charge in [-0.05, 0) is 67.4 Å². The van der Waals surface area contributed by atoms with Crippen LogP contribution in [-0.4, -0.2) is 50.0 Å². The van der Waals surface area contributed by atoms with Gasteiger partial charge in [-0.1, -0.05) is 18.2 Å². The number of nitrogens with zero attached hydrogens (tertiary/aromatic N) is 2. The predicted molar refractivity (Wildman–Crippen MR) is 142 cm³/mol. The maximum absolute atomic E-state index is 12.9. The van der Waals surface area contributed by atoms with Gasteiger partial charge in [0.05, 0.1) is 21.3 Å². The molecule has 4 aromatic rings. The van der Waals surface area contributed by atoms with Crippen molar-refractivity contribution in [3.05, 3.63) is 72.4 Å². The predicted octanol–water partition coefficient (Wildman–Crippen LogP) is 6.22. The fourth-order valence-corrected chi connectivity index (χ4v) is 4.37. The lowest BCUT2D eigenvalue weighted by Gasteiger charge is -2.20. The Morgan fingerprint density at radius 3 is 2.28 bits per heavy atom. The first-order valence-corrected chi connectivity index (χ1v) is 12.0. The number of aromatic nitrogens is 1. The number of carbonyl (C=O) groups excluding carboxylic acids is 1. The summed E-state index contributed by atoms with van der Waals surface area (Å²) in [4.78, 5) is 14.5. The Labute approximate surface area is 211 Å². The molecule has 0 N–H and O–H groups in total. The van der Waals surface area contributed by atoms with Crippen LogP contribution in [0.5, 0.6) is 23.0 Å². The lowest BCUT2D eigenvalue weighted by molar-refractivity contribution is 0.157. The molecule has 3 aromatic carbocycles. The second-order valence-electron chi connectivity index (χ2n) is 8.28. The number of rotatable bonds is 9. The molecule has 1 amide bonds. The van der Waals surface area contributed by atoms with Gasteiger partial charge in [0.1, 0.15) is 11.5 Å². The van der Waals surface area contributed by atoms with Crippen LogP contribution in [0.3, 0.4) is 0 Å². The molecule has 7 heteroatoms. The number of methoxy groups -OCH3 is 3. The van der Waals surface area contributed by atoms with Crippen LogP contribution in [-0.2, 0) is 6.54 Å². The zero-order valence-electron chi connectivity index (χ0n) is 21.4. The van der Waals surface area contributed by atoms with Gasteiger partial charge in [-0.3, -0.25) is 0 Å². The van der Waals surface area contributed by atoms with E-state index < -0.39 is 0 Å². The van der Waals surface area contributed by atoms with E-state index in [4.69, 9.17) is 18.9 Å². The molecule has 4 rings (SSSR count). The minimum absolute atomic E-state index is 0.378. The molecule has 0 radical (unpaired) electrons. The van der Waals surface area contributed by atoms with Gasteiger partial charge in [0.15, 0.2) is 11.5 Å². The monoisotopic (exact) mass is 488 g/mol. The van der Waals surface area contributed by atoms with Crippen molar-refractivity contribution in [1.82, 2.24) is 9.47 Å². The maximum Gasteiger partial charge on any atom is 0.415 e. The third kappa shape index (κ3) is 4.96. The SMILES string of the molecule is CCN(CC)C(=O)Oc1ccc2c(ccn2Cc2cccc(OC)c2)c1-c1ccc(OC)c(OC)c1. The van der Waals surface area contributed by atoms with Crippen LogP contribution in [0.4, 0.5) is 4.79 Å². The molecule has 0 saturated heterocycles. The quantitative estimate of drug-likeness (QED) is 0.280. The summed E-state index contributed by atoms with van der Waals surface area (Å²) in [5.74, 6) is 2.54. The molecule has 0 aliphatic heterocycles. The highest BCUT2D eigenvalue weighted by molar-refractivity contribution is 6.00. The van der Waals surface area contributed by atoms with Crippen molar-refractivity contribution in [2.45, 2.75) is 20.4 Å². The average Bonchev–Trinajstić information content (AvgIpc) is 3.31. The molecular weight excluding hydrogens is 456 g/mol. The summed E-state index contributed by atoms with van der Waals surface area (Å²) in [7, 11) is 4.88. The third-order valence-corrected chi connectivity index (χ3v) is 6.29. The second kappa shape index (κ2) is 11.1. The summed E-state index contributed by atoms with van der Waals surface area (Å²) in [6.45, 7) is 5.68. The summed E-state index contributed by atoms with van der Waals surface area (Å²) in [5.41, 5.74) is 3.82. The van der Waals surface area contributed by atoms with Crippen LogP contribution in [0.1, 0.15) is 19.4 Å². The van der Waals surface area contributed by atoms with Crippen LogP contribution in [0, 0.1) is 0 Å². The zero-order valence-corrected chi connectivity index (χ0v) is 21.4. The number of carbonyl (C=O) groups is 1. The Kier molecular flexibility index (Phi) is 7.68. The molecule has 188 valence electrons. The van der Waals surface area contributed by atoms with Gasteiger partial charge in [-0.2, -0.15) is 0 Å². The van der Waals surface area contributed by atoms with Gasteiger partial charge in [0, 0.05) is 42.3 Å². The van der Waals surface area contributed by atoms with Crippen molar-refractivity contribution in [1.29, 1.82) is 0 Å². The van der Waals surface area contributed by atoms with Gasteiger partial charge >= 0.3 is 6.09 Å². The molecular formula is C29H32N2O5. The summed E-state index contributed by atoms with van der Waals surface area (Å²) in [5, 5.41) is 0.968. The number of fused-ring (bicyclic) bond motifs is 1. The number of ether oxygens (including phenoxy) is 4. The van der Waals surface area contributed by atoms with Crippen LogP contribution in [0.15, 0.2) is 66.9 Å². The fourth-order valence-electron chi connectivity index (χ4n) is 4.37. The van der Waals surface area contributed by atoms with E-state index in [-0.39, 0.29) is 6.09 Å². The summed E-state index contributed by atoms with van der Waals surface area (Å²) < 4.78 is 24.5. The Morgan fingerprint density at radius 1 is 0.833 bits per heavy atom. The van der Waals surface area contributed by atoms with Gasteiger partial charge in [0.2, 0.25) is 0 Å². The smallest absolute Gasteiger partial charge is 0.415 e. The molecule has 0 saturated carbocycles.